The molecule has 1 aromatic carbocycles. The maximum atomic E-state index is 10.1. The lowest BCUT2D eigenvalue weighted by Crippen LogP contribution is -2.39. The third kappa shape index (κ3) is 8.94. The van der Waals surface area contributed by atoms with E-state index >= 15 is 0 Å². The SMILES string of the molecule is CCNC(=NCC(O)COc1cccc(C)c1)NCC(C)c1cccs1.I. The van der Waals surface area contributed by atoms with Gasteiger partial charge < -0.3 is 20.5 Å². The van der Waals surface area contributed by atoms with Gasteiger partial charge in [-0.3, -0.25) is 4.99 Å². The van der Waals surface area contributed by atoms with Crippen LogP contribution >= 0.6 is 35.3 Å². The zero-order valence-electron chi connectivity index (χ0n) is 16.1. The summed E-state index contributed by atoms with van der Waals surface area (Å²) in [6, 6.07) is 12.0. The first-order valence-corrected chi connectivity index (χ1v) is 9.89. The molecule has 150 valence electrons. The fourth-order valence-corrected chi connectivity index (χ4v) is 3.20. The Morgan fingerprint density at radius 2 is 2.07 bits per heavy atom. The number of benzene rings is 1. The van der Waals surface area contributed by atoms with Crippen LogP contribution in [0.25, 0.3) is 0 Å². The number of aryl methyl sites for hydroxylation is 1. The summed E-state index contributed by atoms with van der Waals surface area (Å²) in [5, 5.41) is 18.8. The van der Waals surface area contributed by atoms with Gasteiger partial charge >= 0.3 is 0 Å². The van der Waals surface area contributed by atoms with Crippen molar-refractivity contribution in [1.82, 2.24) is 10.6 Å². The van der Waals surface area contributed by atoms with E-state index in [2.05, 4.69) is 40.1 Å². The van der Waals surface area contributed by atoms with Crippen LogP contribution in [-0.2, 0) is 0 Å². The molecule has 0 aliphatic rings. The molecule has 0 spiro atoms. The van der Waals surface area contributed by atoms with Gasteiger partial charge in [-0.2, -0.15) is 0 Å². The molecule has 1 heterocycles. The highest BCUT2D eigenvalue weighted by Gasteiger charge is 2.09. The smallest absolute Gasteiger partial charge is 0.191 e. The second kappa shape index (κ2) is 13.0. The van der Waals surface area contributed by atoms with Gasteiger partial charge in [0.05, 0.1) is 6.54 Å². The average Bonchev–Trinajstić information content (AvgIpc) is 3.17. The van der Waals surface area contributed by atoms with Crippen molar-refractivity contribution in [2.45, 2.75) is 32.8 Å². The minimum Gasteiger partial charge on any atom is -0.491 e. The maximum Gasteiger partial charge on any atom is 0.191 e. The molecule has 0 amide bonds. The van der Waals surface area contributed by atoms with Gasteiger partial charge in [0.25, 0.3) is 0 Å². The van der Waals surface area contributed by atoms with Crippen LogP contribution in [0.15, 0.2) is 46.8 Å². The van der Waals surface area contributed by atoms with Gasteiger partial charge in [-0.1, -0.05) is 25.1 Å². The van der Waals surface area contributed by atoms with Gasteiger partial charge in [0, 0.05) is 23.9 Å². The Balaban J connectivity index is 0.00000364. The van der Waals surface area contributed by atoms with Gasteiger partial charge in [-0.25, -0.2) is 0 Å². The second-order valence-electron chi connectivity index (χ2n) is 6.30. The Morgan fingerprint density at radius 3 is 2.74 bits per heavy atom. The summed E-state index contributed by atoms with van der Waals surface area (Å²) < 4.78 is 5.63. The molecule has 0 bridgehead atoms. The molecule has 0 aliphatic heterocycles. The molecular formula is C20H30IN3O2S. The first-order valence-electron chi connectivity index (χ1n) is 9.01. The number of nitrogens with one attached hydrogen (secondary N) is 2. The van der Waals surface area contributed by atoms with Crippen molar-refractivity contribution in [2.75, 3.05) is 26.2 Å². The van der Waals surface area contributed by atoms with E-state index in [0.29, 0.717) is 11.9 Å². The molecule has 3 N–H and O–H groups in total. The van der Waals surface area contributed by atoms with Gasteiger partial charge in [0.2, 0.25) is 0 Å². The Hall–Kier alpha value is -1.32. The van der Waals surface area contributed by atoms with Crippen LogP contribution < -0.4 is 15.4 Å². The van der Waals surface area contributed by atoms with Crippen LogP contribution in [0.5, 0.6) is 5.75 Å². The number of hydrogen-bond acceptors (Lipinski definition) is 4. The number of rotatable bonds is 9. The van der Waals surface area contributed by atoms with E-state index in [9.17, 15) is 5.11 Å². The summed E-state index contributed by atoms with van der Waals surface area (Å²) in [5.41, 5.74) is 1.13. The predicted octanol–water partition coefficient (Wildman–Crippen LogP) is 3.77. The van der Waals surface area contributed by atoms with Gasteiger partial charge in [-0.15, -0.1) is 35.3 Å². The van der Waals surface area contributed by atoms with E-state index in [1.807, 2.05) is 38.1 Å². The highest BCUT2D eigenvalue weighted by atomic mass is 127. The molecule has 2 aromatic rings. The number of thiophene rings is 1. The minimum absolute atomic E-state index is 0. The van der Waals surface area contributed by atoms with Crippen molar-refractivity contribution in [3.63, 3.8) is 0 Å². The Kier molecular flexibility index (Phi) is 11.4. The number of hydrogen-bond donors (Lipinski definition) is 3. The van der Waals surface area contributed by atoms with Crippen LogP contribution in [0.3, 0.4) is 0 Å². The lowest BCUT2D eigenvalue weighted by atomic mass is 10.1. The molecule has 2 rings (SSSR count). The quantitative estimate of drug-likeness (QED) is 0.277. The predicted molar refractivity (Wildman–Crippen MR) is 125 cm³/mol. The first kappa shape index (κ1) is 23.7. The molecule has 0 radical (unpaired) electrons. The number of ether oxygens (including phenoxy) is 1. The van der Waals surface area contributed by atoms with Crippen molar-refractivity contribution >= 4 is 41.3 Å². The fraction of sp³-hybridized carbons (Fsp3) is 0.450. The van der Waals surface area contributed by atoms with Gasteiger partial charge in [-0.05, 0) is 43.0 Å². The third-order valence-electron chi connectivity index (χ3n) is 3.84. The summed E-state index contributed by atoms with van der Waals surface area (Å²) in [4.78, 5) is 5.81. The summed E-state index contributed by atoms with van der Waals surface area (Å²) in [6.45, 7) is 8.30. The molecule has 5 nitrogen and oxygen atoms in total. The van der Waals surface area contributed by atoms with Crippen molar-refractivity contribution in [3.05, 3.63) is 52.2 Å². The number of halogens is 1. The molecular weight excluding hydrogens is 473 g/mol. The molecule has 0 saturated carbocycles. The van der Waals surface area contributed by atoms with Crippen molar-refractivity contribution in [2.24, 2.45) is 4.99 Å². The molecule has 1 aromatic heterocycles. The lowest BCUT2D eigenvalue weighted by molar-refractivity contribution is 0.114. The molecule has 7 heteroatoms. The van der Waals surface area contributed by atoms with Gasteiger partial charge in [0.15, 0.2) is 5.96 Å². The molecule has 2 unspecified atom stereocenters. The topological polar surface area (TPSA) is 65.9 Å². The van der Waals surface area contributed by atoms with E-state index in [1.165, 1.54) is 4.88 Å². The van der Waals surface area contributed by atoms with E-state index in [4.69, 9.17) is 4.74 Å². The largest absolute Gasteiger partial charge is 0.491 e. The Labute approximate surface area is 183 Å². The first-order chi connectivity index (χ1) is 12.6. The van der Waals surface area contributed by atoms with Crippen LogP contribution in [0.1, 0.15) is 30.2 Å². The molecule has 0 fully saturated rings. The summed E-state index contributed by atoms with van der Waals surface area (Å²) in [7, 11) is 0. The molecule has 2 atom stereocenters. The maximum absolute atomic E-state index is 10.1. The molecule has 27 heavy (non-hydrogen) atoms. The van der Waals surface area contributed by atoms with Crippen LogP contribution in [0.2, 0.25) is 0 Å². The van der Waals surface area contributed by atoms with Crippen LogP contribution in [0.4, 0.5) is 0 Å². The number of aliphatic hydroxyl groups is 1. The molecule has 0 saturated heterocycles. The van der Waals surface area contributed by atoms with Crippen molar-refractivity contribution in [3.8, 4) is 5.75 Å². The zero-order valence-corrected chi connectivity index (χ0v) is 19.3. The zero-order chi connectivity index (χ0) is 18.8. The van der Waals surface area contributed by atoms with Gasteiger partial charge in [0.1, 0.15) is 18.5 Å². The van der Waals surface area contributed by atoms with Crippen LogP contribution in [0, 0.1) is 6.92 Å². The Morgan fingerprint density at radius 1 is 1.26 bits per heavy atom. The minimum atomic E-state index is -0.652. The van der Waals surface area contributed by atoms with E-state index in [-0.39, 0.29) is 37.1 Å². The lowest BCUT2D eigenvalue weighted by Gasteiger charge is -2.16. The Bertz CT molecular complexity index is 680. The van der Waals surface area contributed by atoms with E-state index in [1.54, 1.807) is 11.3 Å². The number of aliphatic imine (C=N–C) groups is 1. The molecule has 0 aliphatic carbocycles. The number of nitrogens with zero attached hydrogens (tertiary/aromatic N) is 1. The highest BCUT2D eigenvalue weighted by molar-refractivity contribution is 14.0. The summed E-state index contributed by atoms with van der Waals surface area (Å²) >= 11 is 1.76. The normalized spacial score (nSPS) is 13.4. The highest BCUT2D eigenvalue weighted by Crippen LogP contribution is 2.19. The number of aliphatic hydroxyl groups excluding tert-OH is 1. The number of guanidine groups is 1. The van der Waals surface area contributed by atoms with E-state index in [0.717, 1.165) is 24.4 Å². The van der Waals surface area contributed by atoms with E-state index < -0.39 is 6.10 Å². The standard InChI is InChI=1S/C20H29N3O2S.HI/c1-4-21-20(22-12-16(3)19-9-6-10-26-19)23-13-17(24)14-25-18-8-5-7-15(2)11-18;/h5-11,16-17,24H,4,12-14H2,1-3H3,(H2,21,22,23);1H. The second-order valence-corrected chi connectivity index (χ2v) is 7.28. The fourth-order valence-electron chi connectivity index (χ4n) is 2.41. The van der Waals surface area contributed by atoms with Crippen molar-refractivity contribution < 1.29 is 9.84 Å². The summed E-state index contributed by atoms with van der Waals surface area (Å²) in [5.74, 6) is 1.89. The van der Waals surface area contributed by atoms with Crippen LogP contribution in [-0.4, -0.2) is 43.4 Å². The summed E-state index contributed by atoms with van der Waals surface area (Å²) in [6.07, 6.45) is -0.652. The average molecular weight is 503 g/mol. The third-order valence-corrected chi connectivity index (χ3v) is 4.94. The monoisotopic (exact) mass is 503 g/mol. The van der Waals surface area contributed by atoms with Crippen molar-refractivity contribution in [1.29, 1.82) is 0 Å².